The van der Waals surface area contributed by atoms with E-state index in [1.165, 1.54) is 32.1 Å². The average Bonchev–Trinajstić information content (AvgIpc) is 1.99. The van der Waals surface area contributed by atoms with Crippen LogP contribution in [0.2, 0.25) is 0 Å². The third-order valence-electron chi connectivity index (χ3n) is 4.45. The molecule has 0 aromatic heterocycles. The molecule has 0 unspecified atom stereocenters. The SMILES string of the molecule is OCC12C[C@@H]3C[C@H](CC(Cl)(C3)C1)C2. The molecule has 4 fully saturated rings. The van der Waals surface area contributed by atoms with Crippen LogP contribution in [0.3, 0.4) is 0 Å². The van der Waals surface area contributed by atoms with Gasteiger partial charge in [0.1, 0.15) is 0 Å². The Labute approximate surface area is 84.5 Å². The molecule has 1 nitrogen and oxygen atoms in total. The number of rotatable bonds is 1. The fourth-order valence-corrected chi connectivity index (χ4v) is 5.24. The van der Waals surface area contributed by atoms with Gasteiger partial charge < -0.3 is 5.11 Å². The highest BCUT2D eigenvalue weighted by atomic mass is 35.5. The van der Waals surface area contributed by atoms with Crippen LogP contribution in [0.15, 0.2) is 0 Å². The van der Waals surface area contributed by atoms with Crippen molar-refractivity contribution in [2.24, 2.45) is 17.3 Å². The summed E-state index contributed by atoms with van der Waals surface area (Å²) in [6.45, 7) is 0.370. The van der Waals surface area contributed by atoms with Crippen molar-refractivity contribution >= 4 is 11.6 Å². The maximum atomic E-state index is 9.49. The third kappa shape index (κ3) is 1.16. The van der Waals surface area contributed by atoms with Gasteiger partial charge in [0.15, 0.2) is 0 Å². The van der Waals surface area contributed by atoms with E-state index in [2.05, 4.69) is 0 Å². The molecular formula is C11H17ClO. The summed E-state index contributed by atoms with van der Waals surface area (Å²) >= 11 is 6.59. The van der Waals surface area contributed by atoms with Crippen LogP contribution in [-0.2, 0) is 0 Å². The highest BCUT2D eigenvalue weighted by Crippen LogP contribution is 2.63. The summed E-state index contributed by atoms with van der Waals surface area (Å²) in [5, 5.41) is 9.49. The summed E-state index contributed by atoms with van der Waals surface area (Å²) < 4.78 is 0. The molecule has 0 saturated heterocycles. The zero-order valence-electron chi connectivity index (χ0n) is 7.93. The Bertz CT molecular complexity index is 224. The molecule has 4 rings (SSSR count). The first kappa shape index (κ1) is 8.55. The Morgan fingerprint density at radius 3 is 2.23 bits per heavy atom. The lowest BCUT2D eigenvalue weighted by Crippen LogP contribution is -2.54. The maximum Gasteiger partial charge on any atom is 0.0488 e. The standard InChI is InChI=1S/C11H17ClO/c12-11-4-8-1-9(5-11)3-10(2-8,6-11)7-13/h8-9,13H,1-7H2/t8-,9-,10?,11?/m0/s1. The Kier molecular flexibility index (Phi) is 1.60. The van der Waals surface area contributed by atoms with E-state index in [1.807, 2.05) is 0 Å². The lowest BCUT2D eigenvalue weighted by molar-refractivity contribution is -0.0693. The molecule has 0 aromatic rings. The molecule has 2 heteroatoms. The molecular weight excluding hydrogens is 184 g/mol. The van der Waals surface area contributed by atoms with Crippen LogP contribution in [0.1, 0.15) is 38.5 Å². The maximum absolute atomic E-state index is 9.49. The second kappa shape index (κ2) is 2.43. The number of halogens is 1. The summed E-state index contributed by atoms with van der Waals surface area (Å²) in [5.41, 5.74) is 0.228. The van der Waals surface area contributed by atoms with Gasteiger partial charge in [0, 0.05) is 11.5 Å². The molecule has 2 atom stereocenters. The first-order chi connectivity index (χ1) is 6.13. The first-order valence-corrected chi connectivity index (χ1v) is 5.81. The van der Waals surface area contributed by atoms with E-state index in [0.29, 0.717) is 6.61 Å². The van der Waals surface area contributed by atoms with Crippen molar-refractivity contribution in [3.05, 3.63) is 0 Å². The highest BCUT2D eigenvalue weighted by Gasteiger charge is 2.56. The van der Waals surface area contributed by atoms with Crippen molar-refractivity contribution in [1.82, 2.24) is 0 Å². The van der Waals surface area contributed by atoms with E-state index in [1.54, 1.807) is 0 Å². The largest absolute Gasteiger partial charge is 0.396 e. The van der Waals surface area contributed by atoms with Crippen molar-refractivity contribution in [1.29, 1.82) is 0 Å². The monoisotopic (exact) mass is 200 g/mol. The summed E-state index contributed by atoms with van der Waals surface area (Å²) in [7, 11) is 0. The summed E-state index contributed by atoms with van der Waals surface area (Å²) in [5.74, 6) is 1.65. The molecule has 0 aliphatic heterocycles. The zero-order chi connectivity index (χ0) is 9.10. The van der Waals surface area contributed by atoms with Crippen molar-refractivity contribution in [2.45, 2.75) is 43.4 Å². The summed E-state index contributed by atoms with van der Waals surface area (Å²) in [4.78, 5) is 0.0762. The van der Waals surface area contributed by atoms with Crippen LogP contribution < -0.4 is 0 Å². The zero-order valence-corrected chi connectivity index (χ0v) is 8.69. The molecule has 0 amide bonds. The quantitative estimate of drug-likeness (QED) is 0.646. The van der Waals surface area contributed by atoms with Gasteiger partial charge in [-0.2, -0.15) is 0 Å². The molecule has 0 radical (unpaired) electrons. The molecule has 74 valence electrons. The van der Waals surface area contributed by atoms with E-state index in [9.17, 15) is 5.11 Å². The van der Waals surface area contributed by atoms with Gasteiger partial charge in [-0.25, -0.2) is 0 Å². The van der Waals surface area contributed by atoms with Crippen molar-refractivity contribution in [3.8, 4) is 0 Å². The van der Waals surface area contributed by atoms with E-state index < -0.39 is 0 Å². The van der Waals surface area contributed by atoms with Gasteiger partial charge in [-0.3, -0.25) is 0 Å². The molecule has 0 aromatic carbocycles. The van der Waals surface area contributed by atoms with Crippen LogP contribution in [0.25, 0.3) is 0 Å². The smallest absolute Gasteiger partial charge is 0.0488 e. The topological polar surface area (TPSA) is 20.2 Å². The molecule has 4 aliphatic carbocycles. The lowest BCUT2D eigenvalue weighted by atomic mass is 9.49. The van der Waals surface area contributed by atoms with Gasteiger partial charge >= 0.3 is 0 Å². The van der Waals surface area contributed by atoms with Gasteiger partial charge in [0.2, 0.25) is 0 Å². The Balaban J connectivity index is 1.95. The number of hydrogen-bond donors (Lipinski definition) is 1. The number of hydrogen-bond acceptors (Lipinski definition) is 1. The van der Waals surface area contributed by atoms with Crippen LogP contribution in [0.4, 0.5) is 0 Å². The second-order valence-corrected chi connectivity index (χ2v) is 6.57. The lowest BCUT2D eigenvalue weighted by Gasteiger charge is -2.59. The highest BCUT2D eigenvalue weighted by molar-refractivity contribution is 6.24. The van der Waals surface area contributed by atoms with E-state index in [-0.39, 0.29) is 10.3 Å². The molecule has 1 N–H and O–H groups in total. The normalized spacial score (nSPS) is 58.6. The Morgan fingerprint density at radius 2 is 1.77 bits per heavy atom. The first-order valence-electron chi connectivity index (χ1n) is 5.43. The minimum atomic E-state index is 0.0762. The van der Waals surface area contributed by atoms with Crippen LogP contribution in [-0.4, -0.2) is 16.6 Å². The van der Waals surface area contributed by atoms with Crippen LogP contribution >= 0.6 is 11.6 Å². The molecule has 13 heavy (non-hydrogen) atoms. The Morgan fingerprint density at radius 1 is 1.15 bits per heavy atom. The number of aliphatic hydroxyl groups is 1. The second-order valence-electron chi connectivity index (χ2n) is 5.77. The predicted octanol–water partition coefficient (Wildman–Crippen LogP) is 2.56. The van der Waals surface area contributed by atoms with Gasteiger partial charge in [0.05, 0.1) is 0 Å². The predicted molar refractivity (Wildman–Crippen MR) is 52.8 cm³/mol. The molecule has 0 heterocycles. The van der Waals surface area contributed by atoms with Gasteiger partial charge in [-0.1, -0.05) is 0 Å². The fraction of sp³-hybridized carbons (Fsp3) is 1.00. The third-order valence-corrected chi connectivity index (χ3v) is 4.89. The average molecular weight is 201 g/mol. The summed E-state index contributed by atoms with van der Waals surface area (Å²) in [6, 6.07) is 0. The molecule has 4 aliphatic rings. The van der Waals surface area contributed by atoms with E-state index in [0.717, 1.165) is 18.3 Å². The van der Waals surface area contributed by atoms with Crippen molar-refractivity contribution in [2.75, 3.05) is 6.61 Å². The molecule has 4 bridgehead atoms. The fourth-order valence-electron chi connectivity index (χ4n) is 4.52. The Hall–Kier alpha value is 0.250. The minimum absolute atomic E-state index is 0.0762. The minimum Gasteiger partial charge on any atom is -0.396 e. The van der Waals surface area contributed by atoms with Gasteiger partial charge in [-0.15, -0.1) is 11.6 Å². The summed E-state index contributed by atoms with van der Waals surface area (Å²) in [6.07, 6.45) is 7.38. The number of aliphatic hydroxyl groups excluding tert-OH is 1. The van der Waals surface area contributed by atoms with E-state index in [4.69, 9.17) is 11.6 Å². The van der Waals surface area contributed by atoms with Gasteiger partial charge in [0.25, 0.3) is 0 Å². The molecule has 0 spiro atoms. The van der Waals surface area contributed by atoms with Crippen molar-refractivity contribution in [3.63, 3.8) is 0 Å². The number of alkyl halides is 1. The van der Waals surface area contributed by atoms with Gasteiger partial charge in [-0.05, 0) is 55.8 Å². The van der Waals surface area contributed by atoms with Crippen LogP contribution in [0.5, 0.6) is 0 Å². The van der Waals surface area contributed by atoms with Crippen LogP contribution in [0, 0.1) is 17.3 Å². The van der Waals surface area contributed by atoms with Crippen molar-refractivity contribution < 1.29 is 5.11 Å². The molecule has 4 saturated carbocycles. The van der Waals surface area contributed by atoms with E-state index >= 15 is 0 Å².